The zero-order valence-corrected chi connectivity index (χ0v) is 6.92. The molecule has 11 heavy (non-hydrogen) atoms. The second-order valence-electron chi connectivity index (χ2n) is 1.97. The van der Waals surface area contributed by atoms with Crippen LogP contribution in [0.15, 0.2) is 23.6 Å². The molecule has 0 saturated heterocycles. The SMILES string of the molecule is OCCCSc1cnccn1. The Hall–Kier alpha value is -0.610. The molecular weight excluding hydrogens is 160 g/mol. The molecule has 1 heterocycles. The molecule has 0 unspecified atom stereocenters. The summed E-state index contributed by atoms with van der Waals surface area (Å²) in [5, 5.41) is 9.41. The van der Waals surface area contributed by atoms with Crippen molar-refractivity contribution in [2.24, 2.45) is 0 Å². The number of hydrogen-bond donors (Lipinski definition) is 1. The van der Waals surface area contributed by atoms with Gasteiger partial charge in [-0.1, -0.05) is 0 Å². The molecule has 60 valence electrons. The van der Waals surface area contributed by atoms with Crippen molar-refractivity contribution < 1.29 is 5.11 Å². The number of aromatic nitrogens is 2. The fourth-order valence-corrected chi connectivity index (χ4v) is 1.35. The Morgan fingerprint density at radius 3 is 3.00 bits per heavy atom. The molecule has 0 aliphatic carbocycles. The number of thioether (sulfide) groups is 1. The van der Waals surface area contributed by atoms with Gasteiger partial charge in [0.1, 0.15) is 5.03 Å². The second-order valence-corrected chi connectivity index (χ2v) is 3.08. The van der Waals surface area contributed by atoms with Gasteiger partial charge >= 0.3 is 0 Å². The van der Waals surface area contributed by atoms with E-state index in [2.05, 4.69) is 9.97 Å². The maximum atomic E-state index is 8.49. The molecular formula is C7H10N2OS. The summed E-state index contributed by atoms with van der Waals surface area (Å²) in [4.78, 5) is 7.99. The van der Waals surface area contributed by atoms with E-state index in [-0.39, 0.29) is 6.61 Å². The summed E-state index contributed by atoms with van der Waals surface area (Å²) in [5.41, 5.74) is 0. The van der Waals surface area contributed by atoms with Crippen molar-refractivity contribution >= 4 is 11.8 Å². The van der Waals surface area contributed by atoms with E-state index in [1.165, 1.54) is 0 Å². The molecule has 0 spiro atoms. The topological polar surface area (TPSA) is 46.0 Å². The van der Waals surface area contributed by atoms with Crippen LogP contribution < -0.4 is 0 Å². The van der Waals surface area contributed by atoms with E-state index in [1.807, 2.05) is 0 Å². The van der Waals surface area contributed by atoms with Crippen LogP contribution in [-0.4, -0.2) is 27.4 Å². The molecule has 1 N–H and O–H groups in total. The molecule has 0 aliphatic rings. The molecule has 1 aromatic heterocycles. The summed E-state index contributed by atoms with van der Waals surface area (Å²) < 4.78 is 0. The van der Waals surface area contributed by atoms with Gasteiger partial charge in [0, 0.05) is 24.8 Å². The lowest BCUT2D eigenvalue weighted by Gasteiger charge is -1.96. The van der Waals surface area contributed by atoms with E-state index in [4.69, 9.17) is 5.11 Å². The van der Waals surface area contributed by atoms with Gasteiger partial charge in [-0.25, -0.2) is 4.98 Å². The highest BCUT2D eigenvalue weighted by atomic mass is 32.2. The summed E-state index contributed by atoms with van der Waals surface area (Å²) in [6.45, 7) is 0.243. The monoisotopic (exact) mass is 170 g/mol. The van der Waals surface area contributed by atoms with E-state index in [9.17, 15) is 0 Å². The first-order valence-corrected chi connectivity index (χ1v) is 4.41. The van der Waals surface area contributed by atoms with Crippen molar-refractivity contribution in [3.05, 3.63) is 18.6 Å². The molecule has 0 aromatic carbocycles. The normalized spacial score (nSPS) is 9.91. The Balaban J connectivity index is 2.28. The highest BCUT2D eigenvalue weighted by Gasteiger charge is 1.92. The lowest BCUT2D eigenvalue weighted by Crippen LogP contribution is -1.87. The van der Waals surface area contributed by atoms with Crippen LogP contribution >= 0.6 is 11.8 Å². The Morgan fingerprint density at radius 1 is 1.45 bits per heavy atom. The minimum absolute atomic E-state index is 0.243. The predicted octanol–water partition coefficient (Wildman–Crippen LogP) is 0.951. The van der Waals surface area contributed by atoms with E-state index >= 15 is 0 Å². The van der Waals surface area contributed by atoms with Gasteiger partial charge in [-0.3, -0.25) is 4.98 Å². The van der Waals surface area contributed by atoms with Crippen LogP contribution in [0.25, 0.3) is 0 Å². The van der Waals surface area contributed by atoms with Gasteiger partial charge in [-0.2, -0.15) is 0 Å². The highest BCUT2D eigenvalue weighted by Crippen LogP contribution is 2.12. The van der Waals surface area contributed by atoms with Crippen LogP contribution in [0.2, 0.25) is 0 Å². The molecule has 0 saturated carbocycles. The average Bonchev–Trinajstić information content (AvgIpc) is 2.07. The van der Waals surface area contributed by atoms with Crippen molar-refractivity contribution in [2.45, 2.75) is 11.4 Å². The van der Waals surface area contributed by atoms with E-state index < -0.39 is 0 Å². The molecule has 4 heteroatoms. The minimum atomic E-state index is 0.243. The Labute approximate surface area is 69.9 Å². The summed E-state index contributed by atoms with van der Waals surface area (Å²) >= 11 is 1.61. The first-order chi connectivity index (χ1) is 5.43. The molecule has 0 atom stereocenters. The smallest absolute Gasteiger partial charge is 0.114 e. The summed E-state index contributed by atoms with van der Waals surface area (Å²) in [6, 6.07) is 0. The molecule has 1 rings (SSSR count). The van der Waals surface area contributed by atoms with E-state index in [0.29, 0.717) is 0 Å². The predicted molar refractivity (Wildman–Crippen MR) is 44.5 cm³/mol. The van der Waals surface area contributed by atoms with Crippen LogP contribution in [0.4, 0.5) is 0 Å². The molecule has 1 aromatic rings. The van der Waals surface area contributed by atoms with Gasteiger partial charge in [-0.05, 0) is 6.42 Å². The lowest BCUT2D eigenvalue weighted by atomic mass is 10.5. The number of aliphatic hydroxyl groups is 1. The second kappa shape index (κ2) is 5.09. The lowest BCUT2D eigenvalue weighted by molar-refractivity contribution is 0.296. The minimum Gasteiger partial charge on any atom is -0.396 e. The van der Waals surface area contributed by atoms with Crippen LogP contribution in [0.5, 0.6) is 0 Å². The molecule has 0 amide bonds. The van der Waals surface area contributed by atoms with Crippen LogP contribution in [0.3, 0.4) is 0 Å². The van der Waals surface area contributed by atoms with E-state index in [1.54, 1.807) is 30.4 Å². The Bertz CT molecular complexity index is 193. The largest absolute Gasteiger partial charge is 0.396 e. The molecule has 0 bridgehead atoms. The van der Waals surface area contributed by atoms with Gasteiger partial charge in [0.25, 0.3) is 0 Å². The van der Waals surface area contributed by atoms with Gasteiger partial charge in [0.15, 0.2) is 0 Å². The quantitative estimate of drug-likeness (QED) is 0.540. The van der Waals surface area contributed by atoms with Crippen molar-refractivity contribution in [1.29, 1.82) is 0 Å². The summed E-state index contributed by atoms with van der Waals surface area (Å²) in [7, 11) is 0. The zero-order valence-electron chi connectivity index (χ0n) is 6.10. The maximum absolute atomic E-state index is 8.49. The van der Waals surface area contributed by atoms with Gasteiger partial charge in [0.2, 0.25) is 0 Å². The Kier molecular flexibility index (Phi) is 3.93. The molecule has 0 fully saturated rings. The first kappa shape index (κ1) is 8.49. The standard InChI is InChI=1S/C7H10N2OS/c10-4-1-5-11-7-6-8-2-3-9-7/h2-3,6,10H,1,4-5H2. The third-order valence-electron chi connectivity index (χ3n) is 1.09. The number of hydrogen-bond acceptors (Lipinski definition) is 4. The third kappa shape index (κ3) is 3.34. The molecule has 3 nitrogen and oxygen atoms in total. The average molecular weight is 170 g/mol. The first-order valence-electron chi connectivity index (χ1n) is 3.43. The summed E-state index contributed by atoms with van der Waals surface area (Å²) in [6.07, 6.45) is 5.85. The molecule has 0 radical (unpaired) electrons. The van der Waals surface area contributed by atoms with E-state index in [0.717, 1.165) is 17.2 Å². The van der Waals surface area contributed by atoms with Crippen molar-refractivity contribution in [2.75, 3.05) is 12.4 Å². The van der Waals surface area contributed by atoms with Crippen molar-refractivity contribution in [3.63, 3.8) is 0 Å². The Morgan fingerprint density at radius 2 is 2.36 bits per heavy atom. The third-order valence-corrected chi connectivity index (χ3v) is 2.09. The van der Waals surface area contributed by atoms with Crippen LogP contribution in [0, 0.1) is 0 Å². The van der Waals surface area contributed by atoms with Gasteiger partial charge in [-0.15, -0.1) is 11.8 Å². The highest BCUT2D eigenvalue weighted by molar-refractivity contribution is 7.99. The number of nitrogens with zero attached hydrogens (tertiary/aromatic N) is 2. The van der Waals surface area contributed by atoms with Crippen molar-refractivity contribution in [3.8, 4) is 0 Å². The fourth-order valence-electron chi connectivity index (χ4n) is 0.601. The van der Waals surface area contributed by atoms with Gasteiger partial charge in [0.05, 0.1) is 6.20 Å². The van der Waals surface area contributed by atoms with Gasteiger partial charge < -0.3 is 5.11 Å². The van der Waals surface area contributed by atoms with Crippen LogP contribution in [-0.2, 0) is 0 Å². The molecule has 0 aliphatic heterocycles. The fraction of sp³-hybridized carbons (Fsp3) is 0.429. The van der Waals surface area contributed by atoms with Crippen molar-refractivity contribution in [1.82, 2.24) is 9.97 Å². The number of aliphatic hydroxyl groups excluding tert-OH is 1. The van der Waals surface area contributed by atoms with Crippen LogP contribution in [0.1, 0.15) is 6.42 Å². The maximum Gasteiger partial charge on any atom is 0.114 e. The number of rotatable bonds is 4. The zero-order chi connectivity index (χ0) is 7.94. The summed E-state index contributed by atoms with van der Waals surface area (Å²) in [5.74, 6) is 0.898.